The van der Waals surface area contributed by atoms with E-state index >= 15 is 0 Å². The van der Waals surface area contributed by atoms with E-state index in [2.05, 4.69) is 31.9 Å². The van der Waals surface area contributed by atoms with Crippen molar-refractivity contribution in [2.24, 2.45) is 0 Å². The fraction of sp³-hybridized carbons (Fsp3) is 0.500. The molecule has 0 fully saturated rings. The Hall–Kier alpha value is 0.740. The molecule has 0 aliphatic rings. The summed E-state index contributed by atoms with van der Waals surface area (Å²) < 4.78 is -1.06. The van der Waals surface area contributed by atoms with Crippen molar-refractivity contribution in [2.75, 3.05) is 0 Å². The Bertz CT molecular complexity index is 78.5. The van der Waals surface area contributed by atoms with Crippen LogP contribution in [-0.2, 0) is 0 Å². The first-order chi connectivity index (χ1) is 2.56. The summed E-state index contributed by atoms with van der Waals surface area (Å²) in [7, 11) is 0. The highest BCUT2D eigenvalue weighted by Crippen LogP contribution is 2.28. The molecule has 0 unspecified atom stereocenters. The van der Waals surface area contributed by atoms with Crippen LogP contribution in [0.3, 0.4) is 0 Å². The van der Waals surface area contributed by atoms with Gasteiger partial charge in [-0.05, 0) is 31.9 Å². The lowest BCUT2D eigenvalue weighted by Crippen LogP contribution is -1.90. The van der Waals surface area contributed by atoms with Gasteiger partial charge in [0.25, 0.3) is 0 Å². The van der Waals surface area contributed by atoms with Crippen molar-refractivity contribution in [3.8, 4) is 6.07 Å². The quantitative estimate of drug-likeness (QED) is 0.588. The topological polar surface area (TPSA) is 23.8 Å². The van der Waals surface area contributed by atoms with E-state index < -0.39 is 2.69 Å². The lowest BCUT2D eigenvalue weighted by Gasteiger charge is -1.91. The van der Waals surface area contributed by atoms with Crippen molar-refractivity contribution >= 4 is 43.5 Å². The molecule has 0 rings (SSSR count). The second-order valence-corrected chi connectivity index (χ2v) is 5.53. The van der Waals surface area contributed by atoms with Crippen molar-refractivity contribution in [1.29, 1.82) is 5.26 Å². The maximum Gasteiger partial charge on any atom is 0.238 e. The number of nitriles is 1. The fourth-order valence-corrected chi connectivity index (χ4v) is 0. The average molecular weight is 233 g/mol. The third-order valence-corrected chi connectivity index (χ3v) is 0.566. The lowest BCUT2D eigenvalue weighted by molar-refractivity contribution is 1.44. The minimum absolute atomic E-state index is 1.06. The predicted octanol–water partition coefficient (Wildman–Crippen LogP) is 2.19. The van der Waals surface area contributed by atoms with Gasteiger partial charge in [-0.15, -0.1) is 0 Å². The zero-order valence-corrected chi connectivity index (χ0v) is 6.51. The zero-order chi connectivity index (χ0) is 5.21. The number of rotatable bonds is 0. The smallest absolute Gasteiger partial charge is 0.194 e. The summed E-state index contributed by atoms with van der Waals surface area (Å²) in [6.45, 7) is 0. The van der Waals surface area contributed by atoms with Crippen molar-refractivity contribution in [2.45, 2.75) is 2.69 Å². The molecule has 0 radical (unpaired) electrons. The molecule has 0 atom stereocenters. The van der Waals surface area contributed by atoms with Gasteiger partial charge in [0.15, 0.2) is 0 Å². The Labute approximate surface area is 57.5 Å². The first-order valence-electron chi connectivity index (χ1n) is 1.04. The molecule has 0 saturated heterocycles. The number of alkyl halides is 3. The van der Waals surface area contributed by atoms with Gasteiger partial charge >= 0.3 is 0 Å². The molecule has 0 aromatic rings. The number of nitrogens with zero attached hydrogens (tertiary/aromatic N) is 1. The van der Waals surface area contributed by atoms with E-state index in [9.17, 15) is 0 Å². The monoisotopic (exact) mass is 231 g/mol. The molecule has 0 bridgehead atoms. The largest absolute Gasteiger partial charge is 0.238 e. The van der Waals surface area contributed by atoms with Gasteiger partial charge in [0, 0.05) is 0 Å². The molecule has 0 aromatic carbocycles. The molecule has 0 spiro atoms. The highest BCUT2D eigenvalue weighted by atomic mass is 79.9. The van der Waals surface area contributed by atoms with E-state index in [1.165, 1.54) is 0 Å². The number of hydrogen-bond acceptors (Lipinski definition) is 1. The lowest BCUT2D eigenvalue weighted by atomic mass is 10.9. The van der Waals surface area contributed by atoms with E-state index in [1.807, 2.05) is 0 Å². The van der Waals surface area contributed by atoms with Crippen molar-refractivity contribution < 1.29 is 0 Å². The standard InChI is InChI=1S/C2Br2ClN/c3-2(4,5)1-6. The predicted molar refractivity (Wildman–Crippen MR) is 32.1 cm³/mol. The minimum Gasteiger partial charge on any atom is -0.194 e. The summed E-state index contributed by atoms with van der Waals surface area (Å²) in [4.78, 5) is 0. The fourth-order valence-electron chi connectivity index (χ4n) is 0. The van der Waals surface area contributed by atoms with E-state index in [-0.39, 0.29) is 0 Å². The summed E-state index contributed by atoms with van der Waals surface area (Å²) >= 11 is 10.8. The number of hydrogen-bond donors (Lipinski definition) is 0. The molecule has 4 heteroatoms. The second-order valence-electron chi connectivity index (χ2n) is 0.610. The normalized spacial score (nSPS) is 10.3. The SMILES string of the molecule is N#CC(Cl)(Br)Br. The maximum absolute atomic E-state index is 7.93. The highest BCUT2D eigenvalue weighted by molar-refractivity contribution is 9.26. The van der Waals surface area contributed by atoms with Gasteiger partial charge in [0.05, 0.1) is 0 Å². The molecule has 6 heavy (non-hydrogen) atoms. The molecular formula is C2Br2ClN. The van der Waals surface area contributed by atoms with Gasteiger partial charge in [0.2, 0.25) is 2.69 Å². The van der Waals surface area contributed by atoms with Crippen molar-refractivity contribution in [3.05, 3.63) is 0 Å². The van der Waals surface area contributed by atoms with Crippen LogP contribution in [0.4, 0.5) is 0 Å². The Morgan fingerprint density at radius 3 is 1.83 bits per heavy atom. The molecule has 0 saturated carbocycles. The first kappa shape index (κ1) is 6.74. The van der Waals surface area contributed by atoms with E-state index in [4.69, 9.17) is 16.9 Å². The zero-order valence-electron chi connectivity index (χ0n) is 2.58. The van der Waals surface area contributed by atoms with Crippen LogP contribution in [0.15, 0.2) is 0 Å². The molecule has 0 aliphatic heterocycles. The van der Waals surface area contributed by atoms with Gasteiger partial charge in [-0.3, -0.25) is 0 Å². The molecule has 1 nitrogen and oxygen atoms in total. The summed E-state index contributed by atoms with van der Waals surface area (Å²) in [6.07, 6.45) is 0. The summed E-state index contributed by atoms with van der Waals surface area (Å²) in [5, 5.41) is 7.93. The molecule has 0 aliphatic carbocycles. The van der Waals surface area contributed by atoms with Gasteiger partial charge in [-0.1, -0.05) is 11.6 Å². The highest BCUT2D eigenvalue weighted by Gasteiger charge is 2.14. The third kappa shape index (κ3) is 4.74. The first-order valence-corrected chi connectivity index (χ1v) is 3.00. The van der Waals surface area contributed by atoms with Gasteiger partial charge in [-0.2, -0.15) is 5.26 Å². The molecule has 0 N–H and O–H groups in total. The number of halogens is 3. The van der Waals surface area contributed by atoms with E-state index in [0.717, 1.165) is 0 Å². The van der Waals surface area contributed by atoms with Crippen molar-refractivity contribution in [1.82, 2.24) is 0 Å². The van der Waals surface area contributed by atoms with Gasteiger partial charge in [0.1, 0.15) is 6.07 Å². The molecule has 0 amide bonds. The van der Waals surface area contributed by atoms with E-state index in [1.54, 1.807) is 6.07 Å². The van der Waals surface area contributed by atoms with Crippen LogP contribution in [0, 0.1) is 11.3 Å². The summed E-state index contributed by atoms with van der Waals surface area (Å²) in [5.74, 6) is 0. The van der Waals surface area contributed by atoms with Crippen LogP contribution in [0.1, 0.15) is 0 Å². The van der Waals surface area contributed by atoms with Gasteiger partial charge < -0.3 is 0 Å². The molecule has 0 heterocycles. The maximum atomic E-state index is 7.93. The molecular weight excluding hydrogens is 233 g/mol. The van der Waals surface area contributed by atoms with Crippen LogP contribution in [-0.4, -0.2) is 2.69 Å². The Kier molecular flexibility index (Phi) is 2.42. The minimum atomic E-state index is -1.06. The van der Waals surface area contributed by atoms with Crippen LogP contribution in [0.5, 0.6) is 0 Å². The Morgan fingerprint density at radius 2 is 1.83 bits per heavy atom. The van der Waals surface area contributed by atoms with Crippen molar-refractivity contribution in [3.63, 3.8) is 0 Å². The molecule has 0 aromatic heterocycles. The Morgan fingerprint density at radius 1 is 1.67 bits per heavy atom. The van der Waals surface area contributed by atoms with Crippen LogP contribution < -0.4 is 0 Å². The van der Waals surface area contributed by atoms with Crippen LogP contribution >= 0.6 is 43.5 Å². The second kappa shape index (κ2) is 2.15. The van der Waals surface area contributed by atoms with Crippen LogP contribution in [0.25, 0.3) is 0 Å². The van der Waals surface area contributed by atoms with Crippen LogP contribution in [0.2, 0.25) is 0 Å². The summed E-state index contributed by atoms with van der Waals surface area (Å²) in [5.41, 5.74) is 0. The van der Waals surface area contributed by atoms with Gasteiger partial charge in [-0.25, -0.2) is 0 Å². The molecule has 34 valence electrons. The average Bonchev–Trinajstić information content (AvgIpc) is 1.35. The van der Waals surface area contributed by atoms with E-state index in [0.29, 0.717) is 0 Å². The third-order valence-electron chi connectivity index (χ3n) is 0.127. The Balaban J connectivity index is 3.55. The summed E-state index contributed by atoms with van der Waals surface area (Å²) in [6, 6.07) is 1.70.